The first-order chi connectivity index (χ1) is 11.9. The van der Waals surface area contributed by atoms with E-state index in [4.69, 9.17) is 0 Å². The molecule has 140 valence electrons. The van der Waals surface area contributed by atoms with Crippen LogP contribution in [0.1, 0.15) is 43.2 Å². The van der Waals surface area contributed by atoms with Gasteiger partial charge < -0.3 is 0 Å². The van der Waals surface area contributed by atoms with Gasteiger partial charge >= 0.3 is 0 Å². The van der Waals surface area contributed by atoms with Gasteiger partial charge in [0.25, 0.3) is 0 Å². The van der Waals surface area contributed by atoms with Crippen LogP contribution in [0.4, 0.5) is 0 Å². The zero-order valence-electron chi connectivity index (χ0n) is 14.4. The largest absolute Gasteiger partial charge is 0.240 e. The molecule has 0 saturated carbocycles. The van der Waals surface area contributed by atoms with Crippen molar-refractivity contribution in [2.24, 2.45) is 0 Å². The van der Waals surface area contributed by atoms with E-state index in [1.165, 1.54) is 9.87 Å². The Labute approximate surface area is 150 Å². The van der Waals surface area contributed by atoms with Crippen LogP contribution in [0.2, 0.25) is 0 Å². The highest BCUT2D eigenvalue weighted by Gasteiger charge is 2.24. The molecular weight excluding hydrogens is 360 g/mol. The fourth-order valence-electron chi connectivity index (χ4n) is 3.54. The molecule has 0 atom stereocenters. The molecule has 25 heavy (non-hydrogen) atoms. The second-order valence-corrected chi connectivity index (χ2v) is 10.7. The van der Waals surface area contributed by atoms with Crippen molar-refractivity contribution in [1.29, 1.82) is 0 Å². The number of fused-ring (bicyclic) bond motifs is 1. The molecule has 6 nitrogen and oxygen atoms in total. The number of piperidine rings is 1. The highest BCUT2D eigenvalue weighted by Crippen LogP contribution is 2.24. The fourth-order valence-corrected chi connectivity index (χ4v) is 6.18. The van der Waals surface area contributed by atoms with Crippen LogP contribution in [0, 0.1) is 0 Å². The average Bonchev–Trinajstić information content (AvgIpc) is 2.61. The van der Waals surface area contributed by atoms with Crippen molar-refractivity contribution in [3.63, 3.8) is 0 Å². The van der Waals surface area contributed by atoms with Gasteiger partial charge in [0.1, 0.15) is 0 Å². The Morgan fingerprint density at radius 1 is 0.880 bits per heavy atom. The number of nitrogens with zero attached hydrogens (tertiary/aromatic N) is 1. The molecule has 1 aromatic rings. The molecule has 0 bridgehead atoms. The summed E-state index contributed by atoms with van der Waals surface area (Å²) in [6, 6.07) is 5.23. The Balaban J connectivity index is 1.62. The highest BCUT2D eigenvalue weighted by molar-refractivity contribution is 7.90. The summed E-state index contributed by atoms with van der Waals surface area (Å²) in [4.78, 5) is 0.225. The number of benzene rings is 1. The molecular formula is C17H26N2O4S2. The van der Waals surface area contributed by atoms with E-state index < -0.39 is 20.0 Å². The van der Waals surface area contributed by atoms with Crippen molar-refractivity contribution >= 4 is 20.0 Å². The first-order valence-electron chi connectivity index (χ1n) is 8.98. The van der Waals surface area contributed by atoms with Crippen LogP contribution in [0.25, 0.3) is 0 Å². The minimum absolute atomic E-state index is 0.0990. The van der Waals surface area contributed by atoms with Gasteiger partial charge in [-0.05, 0) is 61.8 Å². The Morgan fingerprint density at radius 3 is 2.28 bits per heavy atom. The van der Waals surface area contributed by atoms with Crippen LogP contribution in [0.5, 0.6) is 0 Å². The summed E-state index contributed by atoms with van der Waals surface area (Å²) >= 11 is 0. The molecule has 2 aliphatic rings. The predicted molar refractivity (Wildman–Crippen MR) is 97.5 cm³/mol. The van der Waals surface area contributed by atoms with Crippen LogP contribution in [-0.2, 0) is 32.9 Å². The van der Waals surface area contributed by atoms with Crippen molar-refractivity contribution in [2.75, 3.05) is 25.4 Å². The summed E-state index contributed by atoms with van der Waals surface area (Å²) in [6.07, 6.45) is 6.93. The molecule has 1 saturated heterocycles. The van der Waals surface area contributed by atoms with Crippen LogP contribution >= 0.6 is 0 Å². The van der Waals surface area contributed by atoms with E-state index in [0.717, 1.165) is 50.5 Å². The van der Waals surface area contributed by atoms with Crippen LogP contribution < -0.4 is 4.72 Å². The van der Waals surface area contributed by atoms with Crippen molar-refractivity contribution in [3.05, 3.63) is 29.3 Å². The molecule has 0 aromatic heterocycles. The summed E-state index contributed by atoms with van der Waals surface area (Å²) in [5.41, 5.74) is 2.31. The third-order valence-electron chi connectivity index (χ3n) is 4.99. The lowest BCUT2D eigenvalue weighted by Gasteiger charge is -2.25. The zero-order chi connectivity index (χ0) is 17.9. The molecule has 0 radical (unpaired) electrons. The van der Waals surface area contributed by atoms with Gasteiger partial charge in [0, 0.05) is 19.6 Å². The second-order valence-electron chi connectivity index (χ2n) is 6.81. The van der Waals surface area contributed by atoms with Gasteiger partial charge in [-0.2, -0.15) is 0 Å². The Kier molecular flexibility index (Phi) is 5.82. The summed E-state index contributed by atoms with van der Waals surface area (Å²) in [7, 11) is -7.08. The maximum atomic E-state index is 12.5. The van der Waals surface area contributed by atoms with Gasteiger partial charge in [-0.15, -0.1) is 0 Å². The highest BCUT2D eigenvalue weighted by atomic mass is 32.2. The number of aryl methyl sites for hydroxylation is 2. The minimum atomic E-state index is -3.68. The van der Waals surface area contributed by atoms with Gasteiger partial charge in [-0.25, -0.2) is 25.9 Å². The lowest BCUT2D eigenvalue weighted by molar-refractivity contribution is 0.346. The molecule has 1 N–H and O–H groups in total. The molecule has 1 aliphatic heterocycles. The standard InChI is InChI=1S/C17H26N2O4S2/c20-24(21,19-11-4-1-5-12-19)13-10-18-25(22,23)17-9-8-15-6-2-3-7-16(15)14-17/h8-9,14,18H,1-7,10-13H2. The van der Waals surface area contributed by atoms with Gasteiger partial charge in [0.15, 0.2) is 0 Å². The molecule has 1 aliphatic carbocycles. The monoisotopic (exact) mass is 386 g/mol. The SMILES string of the molecule is O=S(=O)(NCCS(=O)(=O)N1CCCCC1)c1ccc2c(c1)CCCC2. The molecule has 0 amide bonds. The number of hydrogen-bond acceptors (Lipinski definition) is 4. The van der Waals surface area contributed by atoms with E-state index in [9.17, 15) is 16.8 Å². The van der Waals surface area contributed by atoms with Crippen LogP contribution in [0.3, 0.4) is 0 Å². The second kappa shape index (κ2) is 7.73. The number of nitrogens with one attached hydrogen (secondary N) is 1. The van der Waals surface area contributed by atoms with Crippen LogP contribution in [-0.4, -0.2) is 46.5 Å². The van der Waals surface area contributed by atoms with Crippen molar-refractivity contribution in [3.8, 4) is 0 Å². The minimum Gasteiger partial charge on any atom is -0.212 e. The normalized spacial score (nSPS) is 19.5. The lowest BCUT2D eigenvalue weighted by atomic mass is 9.92. The molecule has 1 fully saturated rings. The Hall–Kier alpha value is -0.960. The van der Waals surface area contributed by atoms with Crippen molar-refractivity contribution in [2.45, 2.75) is 49.8 Å². The maximum Gasteiger partial charge on any atom is 0.240 e. The summed E-state index contributed by atoms with van der Waals surface area (Å²) < 4.78 is 53.4. The third kappa shape index (κ3) is 4.61. The average molecular weight is 387 g/mol. The van der Waals surface area contributed by atoms with Crippen molar-refractivity contribution < 1.29 is 16.8 Å². The Morgan fingerprint density at radius 2 is 1.56 bits per heavy atom. The van der Waals surface area contributed by atoms with E-state index in [2.05, 4.69) is 4.72 Å². The summed E-state index contributed by atoms with van der Waals surface area (Å²) in [5.74, 6) is -0.197. The van der Waals surface area contributed by atoms with E-state index in [1.807, 2.05) is 6.07 Å². The third-order valence-corrected chi connectivity index (χ3v) is 8.32. The van der Waals surface area contributed by atoms with E-state index >= 15 is 0 Å². The van der Waals surface area contributed by atoms with Crippen molar-refractivity contribution in [1.82, 2.24) is 9.03 Å². The topological polar surface area (TPSA) is 83.5 Å². The summed E-state index contributed by atoms with van der Waals surface area (Å²) in [5, 5.41) is 0. The van der Waals surface area contributed by atoms with E-state index in [1.54, 1.807) is 12.1 Å². The maximum absolute atomic E-state index is 12.5. The van der Waals surface area contributed by atoms with Gasteiger partial charge in [0.05, 0.1) is 10.6 Å². The number of rotatable bonds is 6. The molecule has 0 spiro atoms. The first kappa shape index (κ1) is 18.8. The number of sulfonamides is 2. The fraction of sp³-hybridized carbons (Fsp3) is 0.647. The zero-order valence-corrected chi connectivity index (χ0v) is 16.0. The first-order valence-corrected chi connectivity index (χ1v) is 12.1. The number of hydrogen-bond donors (Lipinski definition) is 1. The smallest absolute Gasteiger partial charge is 0.212 e. The molecule has 1 heterocycles. The van der Waals surface area contributed by atoms with Gasteiger partial charge in [-0.1, -0.05) is 12.5 Å². The molecule has 8 heteroatoms. The molecule has 1 aromatic carbocycles. The van der Waals surface area contributed by atoms with E-state index in [-0.39, 0.29) is 17.2 Å². The predicted octanol–water partition coefficient (Wildman–Crippen LogP) is 1.66. The molecule has 3 rings (SSSR count). The van der Waals surface area contributed by atoms with Gasteiger partial charge in [0.2, 0.25) is 20.0 Å². The Bertz CT molecular complexity index is 813. The van der Waals surface area contributed by atoms with Gasteiger partial charge in [-0.3, -0.25) is 0 Å². The quantitative estimate of drug-likeness (QED) is 0.806. The van der Waals surface area contributed by atoms with E-state index in [0.29, 0.717) is 13.1 Å². The lowest BCUT2D eigenvalue weighted by Crippen LogP contribution is -2.40. The summed E-state index contributed by atoms with van der Waals surface area (Å²) in [6.45, 7) is 0.984. The van der Waals surface area contributed by atoms with Crippen LogP contribution in [0.15, 0.2) is 23.1 Å². The molecule has 0 unspecified atom stereocenters.